The summed E-state index contributed by atoms with van der Waals surface area (Å²) < 4.78 is 5.34. The summed E-state index contributed by atoms with van der Waals surface area (Å²) in [4.78, 5) is 3.53. The molecule has 0 aromatic heterocycles. The fourth-order valence-corrected chi connectivity index (χ4v) is 2.66. The molecule has 0 N–H and O–H groups in total. The van der Waals surface area contributed by atoms with E-state index in [-0.39, 0.29) is 0 Å². The summed E-state index contributed by atoms with van der Waals surface area (Å²) in [5.74, 6) is 2.03. The molecule has 0 amide bonds. The van der Waals surface area contributed by atoms with Crippen LogP contribution in [-0.2, 0) is 4.74 Å². The van der Waals surface area contributed by atoms with E-state index in [4.69, 9.17) is 4.74 Å². The number of thioether (sulfide) groups is 1. The zero-order chi connectivity index (χ0) is 9.26. The maximum absolute atomic E-state index is 5.34. The third-order valence-corrected chi connectivity index (χ3v) is 3.42. The van der Waals surface area contributed by atoms with Crippen molar-refractivity contribution in [3.63, 3.8) is 0 Å². The first-order chi connectivity index (χ1) is 6.33. The molecule has 2 aliphatic rings. The number of nitrogens with zero attached hydrogens (tertiary/aromatic N) is 1. The lowest BCUT2D eigenvalue weighted by molar-refractivity contribution is 0.304. The lowest BCUT2D eigenvalue weighted by Gasteiger charge is -2.11. The number of hydrogen-bond donors (Lipinski definition) is 0. The summed E-state index contributed by atoms with van der Waals surface area (Å²) in [6.45, 7) is 0. The van der Waals surface area contributed by atoms with Crippen molar-refractivity contribution in [3.05, 3.63) is 34.6 Å². The largest absolute Gasteiger partial charge is 0.496 e. The molecule has 0 atom stereocenters. The number of likely N-dealkylation sites (N-methyl/N-ethyl adjacent to an activating group) is 1. The van der Waals surface area contributed by atoms with Crippen molar-refractivity contribution in [2.75, 3.05) is 20.0 Å². The molecule has 0 unspecified atom stereocenters. The summed E-state index contributed by atoms with van der Waals surface area (Å²) >= 11 is 1.84. The Labute approximate surface area is 82.9 Å². The molecule has 2 nitrogen and oxygen atoms in total. The Balaban J connectivity index is 2.42. The van der Waals surface area contributed by atoms with Crippen molar-refractivity contribution in [1.82, 2.24) is 4.90 Å². The van der Waals surface area contributed by atoms with Gasteiger partial charge in [-0.1, -0.05) is 23.9 Å². The molecule has 0 aromatic carbocycles. The van der Waals surface area contributed by atoms with Gasteiger partial charge >= 0.3 is 0 Å². The van der Waals surface area contributed by atoms with Crippen molar-refractivity contribution in [2.45, 2.75) is 6.42 Å². The van der Waals surface area contributed by atoms with Crippen LogP contribution in [0.2, 0.25) is 0 Å². The third kappa shape index (κ3) is 1.48. The number of fused-ring (bicyclic) bond motifs is 1. The summed E-state index contributed by atoms with van der Waals surface area (Å²) in [6, 6.07) is 0. The molecule has 3 heteroatoms. The van der Waals surface area contributed by atoms with Gasteiger partial charge in [0.05, 0.1) is 23.6 Å². The molecule has 2 rings (SSSR count). The molecule has 0 saturated carbocycles. The second-order valence-electron chi connectivity index (χ2n) is 3.10. The van der Waals surface area contributed by atoms with Crippen LogP contribution in [0, 0.1) is 0 Å². The quantitative estimate of drug-likeness (QED) is 0.637. The SMILES string of the molecule is COC1=C2SCN(C)C2=CCC=C1. The van der Waals surface area contributed by atoms with Gasteiger partial charge in [0.15, 0.2) is 0 Å². The predicted molar refractivity (Wildman–Crippen MR) is 56.1 cm³/mol. The smallest absolute Gasteiger partial charge is 0.134 e. The lowest BCUT2D eigenvalue weighted by Crippen LogP contribution is -2.09. The maximum Gasteiger partial charge on any atom is 0.134 e. The van der Waals surface area contributed by atoms with Crippen molar-refractivity contribution >= 4 is 11.8 Å². The van der Waals surface area contributed by atoms with Gasteiger partial charge in [0.1, 0.15) is 5.76 Å². The third-order valence-electron chi connectivity index (χ3n) is 2.21. The van der Waals surface area contributed by atoms with Crippen molar-refractivity contribution < 1.29 is 4.74 Å². The molecule has 1 saturated heterocycles. The number of methoxy groups -OCH3 is 1. The molecule has 0 spiro atoms. The first-order valence-electron chi connectivity index (χ1n) is 4.32. The van der Waals surface area contributed by atoms with Gasteiger partial charge in [0, 0.05) is 7.05 Å². The minimum Gasteiger partial charge on any atom is -0.496 e. The average molecular weight is 195 g/mol. The minimum absolute atomic E-state index is 0.997. The molecule has 1 aliphatic carbocycles. The minimum atomic E-state index is 0.997. The molecule has 0 bridgehead atoms. The second-order valence-corrected chi connectivity index (χ2v) is 4.05. The van der Waals surface area contributed by atoms with E-state index in [1.165, 1.54) is 10.6 Å². The van der Waals surface area contributed by atoms with E-state index in [2.05, 4.69) is 30.2 Å². The van der Waals surface area contributed by atoms with E-state index in [1.54, 1.807) is 7.11 Å². The summed E-state index contributed by atoms with van der Waals surface area (Å²) in [7, 11) is 3.85. The zero-order valence-electron chi connectivity index (χ0n) is 7.91. The Morgan fingerprint density at radius 2 is 2.38 bits per heavy atom. The van der Waals surface area contributed by atoms with Crippen molar-refractivity contribution in [2.24, 2.45) is 0 Å². The maximum atomic E-state index is 5.34. The van der Waals surface area contributed by atoms with Crippen LogP contribution in [0.4, 0.5) is 0 Å². The molecule has 0 aromatic rings. The van der Waals surface area contributed by atoms with Gasteiger partial charge in [-0.05, 0) is 12.5 Å². The van der Waals surface area contributed by atoms with E-state index in [0.717, 1.165) is 18.1 Å². The van der Waals surface area contributed by atoms with Crippen molar-refractivity contribution in [1.29, 1.82) is 0 Å². The molecule has 13 heavy (non-hydrogen) atoms. The van der Waals surface area contributed by atoms with Gasteiger partial charge in [-0.25, -0.2) is 0 Å². The normalized spacial score (nSPS) is 21.4. The number of hydrogen-bond acceptors (Lipinski definition) is 3. The number of rotatable bonds is 1. The van der Waals surface area contributed by atoms with E-state index < -0.39 is 0 Å². The lowest BCUT2D eigenvalue weighted by atomic mass is 10.3. The van der Waals surface area contributed by atoms with Crippen LogP contribution in [0.15, 0.2) is 34.6 Å². The highest BCUT2D eigenvalue weighted by atomic mass is 32.2. The molecule has 1 heterocycles. The van der Waals surface area contributed by atoms with Crippen LogP contribution in [-0.4, -0.2) is 24.9 Å². The van der Waals surface area contributed by atoms with Gasteiger partial charge in [-0.3, -0.25) is 0 Å². The summed E-state index contributed by atoms with van der Waals surface area (Å²) in [6.07, 6.45) is 7.44. The second kappa shape index (κ2) is 3.50. The Kier molecular flexibility index (Phi) is 2.36. The molecule has 70 valence electrons. The Hall–Kier alpha value is -0.830. The fourth-order valence-electron chi connectivity index (χ4n) is 1.52. The standard InChI is InChI=1S/C10H13NOS/c1-11-7-13-10-8(11)5-3-4-6-9(10)12-2/h4-6H,3,7H2,1-2H3. The van der Waals surface area contributed by atoms with E-state index in [0.29, 0.717) is 0 Å². The highest BCUT2D eigenvalue weighted by molar-refractivity contribution is 8.03. The number of ether oxygens (including phenoxy) is 1. The molecule has 0 radical (unpaired) electrons. The summed E-state index contributed by atoms with van der Waals surface area (Å²) in [5, 5.41) is 0. The van der Waals surface area contributed by atoms with E-state index >= 15 is 0 Å². The van der Waals surface area contributed by atoms with Gasteiger partial charge in [0.25, 0.3) is 0 Å². The Morgan fingerprint density at radius 1 is 1.54 bits per heavy atom. The number of allylic oxidation sites excluding steroid dienone is 3. The van der Waals surface area contributed by atoms with Crippen LogP contribution < -0.4 is 0 Å². The van der Waals surface area contributed by atoms with Crippen LogP contribution in [0.25, 0.3) is 0 Å². The predicted octanol–water partition coefficient (Wildman–Crippen LogP) is 2.32. The van der Waals surface area contributed by atoms with Crippen LogP contribution in [0.1, 0.15) is 6.42 Å². The monoisotopic (exact) mass is 195 g/mol. The van der Waals surface area contributed by atoms with Gasteiger partial charge in [-0.15, -0.1) is 0 Å². The van der Waals surface area contributed by atoms with E-state index in [1.807, 2.05) is 11.8 Å². The van der Waals surface area contributed by atoms with Gasteiger partial charge < -0.3 is 9.64 Å². The zero-order valence-corrected chi connectivity index (χ0v) is 8.73. The van der Waals surface area contributed by atoms with Gasteiger partial charge in [-0.2, -0.15) is 0 Å². The molecular formula is C10H13NOS. The first kappa shape index (κ1) is 8.75. The highest BCUT2D eigenvalue weighted by Gasteiger charge is 2.23. The first-order valence-corrected chi connectivity index (χ1v) is 5.30. The molecular weight excluding hydrogens is 182 g/mol. The van der Waals surface area contributed by atoms with Crippen molar-refractivity contribution in [3.8, 4) is 0 Å². The Bertz CT molecular complexity index is 304. The van der Waals surface area contributed by atoms with Crippen LogP contribution in [0.3, 0.4) is 0 Å². The van der Waals surface area contributed by atoms with E-state index in [9.17, 15) is 0 Å². The van der Waals surface area contributed by atoms with Crippen LogP contribution >= 0.6 is 11.8 Å². The highest BCUT2D eigenvalue weighted by Crippen LogP contribution is 2.39. The molecule has 1 aliphatic heterocycles. The van der Waals surface area contributed by atoms with Gasteiger partial charge in [0.2, 0.25) is 0 Å². The molecule has 1 fully saturated rings. The topological polar surface area (TPSA) is 12.5 Å². The average Bonchev–Trinajstić information content (AvgIpc) is 2.39. The van der Waals surface area contributed by atoms with Crippen LogP contribution in [0.5, 0.6) is 0 Å². The summed E-state index contributed by atoms with van der Waals surface area (Å²) in [5.41, 5.74) is 1.31. The fraction of sp³-hybridized carbons (Fsp3) is 0.400. The Morgan fingerprint density at radius 3 is 3.15 bits per heavy atom.